The molecule has 138 valence electrons. The Kier molecular flexibility index (Phi) is 4.99. The summed E-state index contributed by atoms with van der Waals surface area (Å²) < 4.78 is 5.42. The Morgan fingerprint density at radius 3 is 2.65 bits per heavy atom. The number of nitrogens with one attached hydrogen (secondary N) is 1. The first-order valence-electron chi connectivity index (χ1n) is 9.15. The Labute approximate surface area is 154 Å². The van der Waals surface area contributed by atoms with Crippen LogP contribution < -0.4 is 5.32 Å². The maximum atomic E-state index is 13.0. The van der Waals surface area contributed by atoms with Gasteiger partial charge in [-0.3, -0.25) is 9.78 Å². The van der Waals surface area contributed by atoms with Gasteiger partial charge in [0.05, 0.1) is 12.2 Å². The largest absolute Gasteiger partial charge is 0.462 e. The van der Waals surface area contributed by atoms with Crippen molar-refractivity contribution in [3.63, 3.8) is 0 Å². The van der Waals surface area contributed by atoms with E-state index in [1.165, 1.54) is 0 Å². The fourth-order valence-electron chi connectivity index (χ4n) is 3.87. The number of allylic oxidation sites excluding steroid dienone is 3. The second-order valence-corrected chi connectivity index (χ2v) is 7.85. The molecule has 0 aromatic carbocycles. The smallest absolute Gasteiger partial charge is 0.336 e. The minimum Gasteiger partial charge on any atom is -0.462 e. The average molecular weight is 354 g/mol. The van der Waals surface area contributed by atoms with Crippen LogP contribution in [0.2, 0.25) is 0 Å². The lowest BCUT2D eigenvalue weighted by atomic mass is 9.69. The molecule has 1 aliphatic heterocycles. The summed E-state index contributed by atoms with van der Waals surface area (Å²) in [5, 5.41) is 3.33. The zero-order valence-electron chi connectivity index (χ0n) is 15.9. The third kappa shape index (κ3) is 3.43. The van der Waals surface area contributed by atoms with E-state index in [9.17, 15) is 9.59 Å². The number of aromatic nitrogens is 1. The van der Waals surface area contributed by atoms with Crippen molar-refractivity contribution in [3.8, 4) is 0 Å². The summed E-state index contributed by atoms with van der Waals surface area (Å²) in [6.45, 7) is 8.41. The van der Waals surface area contributed by atoms with Crippen LogP contribution in [0.4, 0.5) is 0 Å². The van der Waals surface area contributed by atoms with Crippen molar-refractivity contribution in [1.82, 2.24) is 10.3 Å². The van der Waals surface area contributed by atoms with Crippen molar-refractivity contribution in [3.05, 3.63) is 52.6 Å². The van der Waals surface area contributed by atoms with Crippen LogP contribution in [0.1, 0.15) is 58.4 Å². The van der Waals surface area contributed by atoms with Crippen molar-refractivity contribution in [2.45, 2.75) is 52.9 Å². The van der Waals surface area contributed by atoms with Crippen molar-refractivity contribution >= 4 is 11.8 Å². The highest BCUT2D eigenvalue weighted by atomic mass is 16.5. The topological polar surface area (TPSA) is 68.3 Å². The number of ether oxygens (including phenoxy) is 1. The maximum absolute atomic E-state index is 13.0. The number of ketones is 1. The fourth-order valence-corrected chi connectivity index (χ4v) is 3.87. The lowest BCUT2D eigenvalue weighted by Crippen LogP contribution is -2.38. The van der Waals surface area contributed by atoms with E-state index >= 15 is 0 Å². The van der Waals surface area contributed by atoms with Crippen molar-refractivity contribution in [2.24, 2.45) is 5.41 Å². The molecule has 0 bridgehead atoms. The van der Waals surface area contributed by atoms with Gasteiger partial charge >= 0.3 is 5.97 Å². The highest BCUT2D eigenvalue weighted by Crippen LogP contribution is 2.46. The number of carbonyl (C=O) groups is 2. The molecule has 1 N–H and O–H groups in total. The first-order chi connectivity index (χ1) is 12.3. The molecule has 5 nitrogen and oxygen atoms in total. The van der Waals surface area contributed by atoms with Gasteiger partial charge in [0.1, 0.15) is 0 Å². The molecular formula is C21H26N2O3. The second-order valence-electron chi connectivity index (χ2n) is 7.85. The number of pyridine rings is 1. The SMILES string of the molecule is CCCOC(=O)C1=C(C)NC2=C(C(=O)CC(C)(C)C2)[C@@H]1c1ccncc1. The zero-order valence-corrected chi connectivity index (χ0v) is 15.9. The van der Waals surface area contributed by atoms with Crippen LogP contribution in [-0.4, -0.2) is 23.3 Å². The van der Waals surface area contributed by atoms with E-state index < -0.39 is 5.92 Å². The Morgan fingerprint density at radius 2 is 2.00 bits per heavy atom. The quantitative estimate of drug-likeness (QED) is 0.836. The van der Waals surface area contributed by atoms with Gasteiger partial charge < -0.3 is 10.1 Å². The molecule has 5 heteroatoms. The van der Waals surface area contributed by atoms with E-state index in [2.05, 4.69) is 24.1 Å². The van der Waals surface area contributed by atoms with Gasteiger partial charge in [0.25, 0.3) is 0 Å². The normalized spacial score (nSPS) is 22.0. The molecule has 0 fully saturated rings. The van der Waals surface area contributed by atoms with Gasteiger partial charge in [-0.2, -0.15) is 0 Å². The van der Waals surface area contributed by atoms with Gasteiger partial charge in [-0.15, -0.1) is 0 Å². The average Bonchev–Trinajstić information content (AvgIpc) is 2.58. The van der Waals surface area contributed by atoms with Gasteiger partial charge in [-0.1, -0.05) is 20.8 Å². The van der Waals surface area contributed by atoms with Crippen LogP contribution in [0, 0.1) is 5.41 Å². The van der Waals surface area contributed by atoms with Crippen LogP contribution in [0.15, 0.2) is 47.1 Å². The van der Waals surface area contributed by atoms with E-state index in [-0.39, 0.29) is 17.2 Å². The highest BCUT2D eigenvalue weighted by Gasteiger charge is 2.43. The number of dihydropyridines is 1. The summed E-state index contributed by atoms with van der Waals surface area (Å²) >= 11 is 0. The summed E-state index contributed by atoms with van der Waals surface area (Å²) in [5.74, 6) is -0.663. The van der Waals surface area contributed by atoms with E-state index in [0.29, 0.717) is 24.2 Å². The molecular weight excluding hydrogens is 328 g/mol. The van der Waals surface area contributed by atoms with E-state index in [1.54, 1.807) is 12.4 Å². The molecule has 1 atom stereocenters. The third-order valence-electron chi connectivity index (χ3n) is 4.94. The lowest BCUT2D eigenvalue weighted by molar-refractivity contribution is -0.139. The molecule has 1 aliphatic carbocycles. The van der Waals surface area contributed by atoms with Crippen LogP contribution in [-0.2, 0) is 14.3 Å². The van der Waals surface area contributed by atoms with Crippen LogP contribution >= 0.6 is 0 Å². The van der Waals surface area contributed by atoms with E-state index in [0.717, 1.165) is 29.8 Å². The number of hydrogen-bond donors (Lipinski definition) is 1. The molecule has 0 saturated carbocycles. The van der Waals surface area contributed by atoms with Gasteiger partial charge in [0.15, 0.2) is 5.78 Å². The molecule has 0 amide bonds. The zero-order chi connectivity index (χ0) is 18.9. The number of carbonyl (C=O) groups excluding carboxylic acids is 2. The Hall–Kier alpha value is -2.43. The van der Waals surface area contributed by atoms with Gasteiger partial charge in [0.2, 0.25) is 0 Å². The summed E-state index contributed by atoms with van der Waals surface area (Å²) in [4.78, 5) is 29.9. The lowest BCUT2D eigenvalue weighted by Gasteiger charge is -2.39. The number of hydrogen-bond acceptors (Lipinski definition) is 5. The van der Waals surface area contributed by atoms with E-state index in [1.807, 2.05) is 26.0 Å². The van der Waals surface area contributed by atoms with E-state index in [4.69, 9.17) is 4.74 Å². The maximum Gasteiger partial charge on any atom is 0.336 e. The van der Waals surface area contributed by atoms with Gasteiger partial charge in [-0.25, -0.2) is 4.79 Å². The number of esters is 1. The minimum absolute atomic E-state index is 0.0911. The molecule has 2 aliphatic rings. The molecule has 0 saturated heterocycles. The Morgan fingerprint density at radius 1 is 1.31 bits per heavy atom. The van der Waals surface area contributed by atoms with Crippen molar-refractivity contribution < 1.29 is 14.3 Å². The summed E-state index contributed by atoms with van der Waals surface area (Å²) in [6, 6.07) is 3.74. The summed E-state index contributed by atoms with van der Waals surface area (Å²) in [6.07, 6.45) is 5.40. The molecule has 0 spiro atoms. The standard InChI is InChI=1S/C21H26N2O3/c1-5-10-26-20(25)17-13(2)23-15-11-21(3,4)12-16(24)19(15)18(17)14-6-8-22-9-7-14/h6-9,18,23H,5,10-12H2,1-4H3/t18-/m1/s1. The summed E-state index contributed by atoms with van der Waals surface area (Å²) in [5.41, 5.74) is 3.72. The fraction of sp³-hybridized carbons (Fsp3) is 0.476. The molecule has 3 rings (SSSR count). The Balaban J connectivity index is 2.11. The number of nitrogens with zero attached hydrogens (tertiary/aromatic N) is 1. The second kappa shape index (κ2) is 7.06. The molecule has 2 heterocycles. The Bertz CT molecular complexity index is 791. The molecule has 1 aromatic rings. The van der Waals surface area contributed by atoms with Crippen LogP contribution in [0.5, 0.6) is 0 Å². The van der Waals surface area contributed by atoms with Gasteiger partial charge in [-0.05, 0) is 42.9 Å². The van der Waals surface area contributed by atoms with Crippen LogP contribution in [0.3, 0.4) is 0 Å². The molecule has 26 heavy (non-hydrogen) atoms. The molecule has 0 unspecified atom stereocenters. The highest BCUT2D eigenvalue weighted by molar-refractivity contribution is 6.04. The third-order valence-corrected chi connectivity index (χ3v) is 4.94. The molecule has 0 radical (unpaired) electrons. The molecule has 1 aromatic heterocycles. The predicted molar refractivity (Wildman–Crippen MR) is 99.1 cm³/mol. The number of rotatable bonds is 4. The van der Waals surface area contributed by atoms with Crippen molar-refractivity contribution in [1.29, 1.82) is 0 Å². The minimum atomic E-state index is -0.401. The van der Waals surface area contributed by atoms with Crippen LogP contribution in [0.25, 0.3) is 0 Å². The van der Waals surface area contributed by atoms with Crippen molar-refractivity contribution in [2.75, 3.05) is 6.61 Å². The van der Waals surface area contributed by atoms with Gasteiger partial charge in [0, 0.05) is 41.7 Å². The number of Topliss-reactive ketones (excluding diaryl/α,β-unsaturated/α-hetero) is 1. The summed E-state index contributed by atoms with van der Waals surface area (Å²) in [7, 11) is 0. The first kappa shape index (κ1) is 18.4. The first-order valence-corrected chi connectivity index (χ1v) is 9.15. The predicted octanol–water partition coefficient (Wildman–Crippen LogP) is 3.64. The monoisotopic (exact) mass is 354 g/mol.